The fourth-order valence-electron chi connectivity index (χ4n) is 2.85. The van der Waals surface area contributed by atoms with E-state index in [1.165, 1.54) is 0 Å². The van der Waals surface area contributed by atoms with Crippen LogP contribution in [0, 0.1) is 0 Å². The molecular formula is C22H15NO4S. The highest BCUT2D eigenvalue weighted by Crippen LogP contribution is 2.28. The molecule has 4 rings (SSSR count). The Morgan fingerprint density at radius 2 is 1.61 bits per heavy atom. The van der Waals surface area contributed by atoms with E-state index in [0.717, 1.165) is 45.7 Å². The topological polar surface area (TPSA) is 72.5 Å². The first-order valence-electron chi connectivity index (χ1n) is 8.56. The monoisotopic (exact) mass is 389 g/mol. The first-order valence-corrected chi connectivity index (χ1v) is 9.38. The van der Waals surface area contributed by atoms with E-state index >= 15 is 0 Å². The number of imide groups is 1. The zero-order valence-corrected chi connectivity index (χ0v) is 15.5. The number of carbonyl (C=O) groups excluding carboxylic acids is 3. The third kappa shape index (κ3) is 3.97. The molecule has 1 N–H and O–H groups in total. The van der Waals surface area contributed by atoms with Gasteiger partial charge in [-0.15, -0.1) is 0 Å². The number of thioether (sulfide) groups is 1. The van der Waals surface area contributed by atoms with E-state index in [9.17, 15) is 14.4 Å². The highest BCUT2D eigenvalue weighted by Gasteiger charge is 2.24. The molecule has 138 valence electrons. The minimum atomic E-state index is -0.361. The lowest BCUT2D eigenvalue weighted by Crippen LogP contribution is -2.17. The molecule has 3 aromatic rings. The normalized spacial score (nSPS) is 15.1. The molecule has 0 radical (unpaired) electrons. The van der Waals surface area contributed by atoms with Crippen LogP contribution in [-0.4, -0.2) is 17.4 Å². The van der Waals surface area contributed by atoms with Crippen molar-refractivity contribution >= 4 is 46.0 Å². The molecule has 1 saturated heterocycles. The van der Waals surface area contributed by atoms with Gasteiger partial charge in [-0.1, -0.05) is 42.5 Å². The largest absolute Gasteiger partial charge is 0.489 e. The van der Waals surface area contributed by atoms with Crippen molar-refractivity contribution in [3.63, 3.8) is 0 Å². The van der Waals surface area contributed by atoms with Crippen LogP contribution in [0.1, 0.15) is 21.5 Å². The molecule has 1 fully saturated rings. The van der Waals surface area contributed by atoms with Crippen LogP contribution in [0.4, 0.5) is 4.79 Å². The number of aldehydes is 1. The second-order valence-corrected chi connectivity index (χ2v) is 7.28. The molecule has 0 spiro atoms. The van der Waals surface area contributed by atoms with Gasteiger partial charge in [0.2, 0.25) is 0 Å². The Labute approximate surface area is 165 Å². The second kappa shape index (κ2) is 7.70. The lowest BCUT2D eigenvalue weighted by atomic mass is 10.1. The number of ether oxygens (including phenoxy) is 1. The van der Waals surface area contributed by atoms with E-state index in [-0.39, 0.29) is 11.1 Å². The maximum absolute atomic E-state index is 11.7. The number of hydrogen-bond acceptors (Lipinski definition) is 5. The van der Waals surface area contributed by atoms with Crippen molar-refractivity contribution in [2.24, 2.45) is 0 Å². The molecule has 0 unspecified atom stereocenters. The number of benzene rings is 3. The van der Waals surface area contributed by atoms with E-state index in [1.54, 1.807) is 18.2 Å². The first kappa shape index (κ1) is 18.0. The zero-order chi connectivity index (χ0) is 19.5. The van der Waals surface area contributed by atoms with Crippen LogP contribution in [0.3, 0.4) is 0 Å². The first-order chi connectivity index (χ1) is 13.6. The maximum atomic E-state index is 11.7. The van der Waals surface area contributed by atoms with Crippen LogP contribution in [0.15, 0.2) is 65.6 Å². The van der Waals surface area contributed by atoms with Gasteiger partial charge in [0.15, 0.2) is 0 Å². The van der Waals surface area contributed by atoms with Gasteiger partial charge in [0.1, 0.15) is 18.6 Å². The molecule has 0 aliphatic carbocycles. The Kier molecular flexibility index (Phi) is 4.95. The Bertz CT molecular complexity index is 1120. The van der Waals surface area contributed by atoms with E-state index in [4.69, 9.17) is 4.74 Å². The average molecular weight is 389 g/mol. The molecule has 0 bridgehead atoms. The van der Waals surface area contributed by atoms with Gasteiger partial charge < -0.3 is 4.74 Å². The summed E-state index contributed by atoms with van der Waals surface area (Å²) in [6.45, 7) is 0.412. The third-order valence-corrected chi connectivity index (χ3v) is 5.11. The molecule has 0 atom stereocenters. The maximum Gasteiger partial charge on any atom is 0.290 e. The van der Waals surface area contributed by atoms with Gasteiger partial charge in [-0.3, -0.25) is 19.7 Å². The van der Waals surface area contributed by atoms with E-state index in [1.807, 2.05) is 48.5 Å². The van der Waals surface area contributed by atoms with Crippen molar-refractivity contribution in [1.29, 1.82) is 0 Å². The number of nitrogens with one attached hydrogen (secondary N) is 1. The van der Waals surface area contributed by atoms with Crippen molar-refractivity contribution in [1.82, 2.24) is 5.32 Å². The molecule has 1 aliphatic heterocycles. The summed E-state index contributed by atoms with van der Waals surface area (Å²) in [5.41, 5.74) is 2.47. The van der Waals surface area contributed by atoms with Gasteiger partial charge in [0.05, 0.1) is 4.91 Å². The van der Waals surface area contributed by atoms with Crippen molar-refractivity contribution in [3.05, 3.63) is 82.3 Å². The summed E-state index contributed by atoms with van der Waals surface area (Å²) in [4.78, 5) is 34.0. The van der Waals surface area contributed by atoms with E-state index in [0.29, 0.717) is 17.1 Å². The second-order valence-electron chi connectivity index (χ2n) is 6.27. The fraction of sp³-hybridized carbons (Fsp3) is 0.0455. The molecule has 1 heterocycles. The average Bonchev–Trinajstić information content (AvgIpc) is 3.03. The Morgan fingerprint density at radius 1 is 0.893 bits per heavy atom. The summed E-state index contributed by atoms with van der Waals surface area (Å²) >= 11 is 0.905. The molecule has 0 saturated carbocycles. The van der Waals surface area contributed by atoms with E-state index in [2.05, 4.69) is 5.32 Å². The lowest BCUT2D eigenvalue weighted by Gasteiger charge is -2.08. The molecule has 3 aromatic carbocycles. The van der Waals surface area contributed by atoms with Crippen molar-refractivity contribution in [3.8, 4) is 5.75 Å². The van der Waals surface area contributed by atoms with Crippen LogP contribution in [0.2, 0.25) is 0 Å². The molecule has 2 amide bonds. The van der Waals surface area contributed by atoms with Crippen LogP contribution in [-0.2, 0) is 11.4 Å². The summed E-state index contributed by atoms with van der Waals surface area (Å²) in [6, 6.07) is 18.9. The van der Waals surface area contributed by atoms with Crippen molar-refractivity contribution < 1.29 is 19.1 Å². The molecular weight excluding hydrogens is 374 g/mol. The van der Waals surface area contributed by atoms with Gasteiger partial charge >= 0.3 is 0 Å². The number of carbonyl (C=O) groups is 3. The van der Waals surface area contributed by atoms with E-state index < -0.39 is 0 Å². The van der Waals surface area contributed by atoms with Gasteiger partial charge in [-0.25, -0.2) is 0 Å². The summed E-state index contributed by atoms with van der Waals surface area (Å²) in [5, 5.41) is 3.92. The Balaban J connectivity index is 1.50. The molecule has 0 aromatic heterocycles. The highest BCUT2D eigenvalue weighted by molar-refractivity contribution is 8.18. The Hall–Kier alpha value is -3.38. The molecule has 5 nitrogen and oxygen atoms in total. The molecule has 1 aliphatic rings. The summed E-state index contributed by atoms with van der Waals surface area (Å²) in [7, 11) is 0. The predicted molar refractivity (Wildman–Crippen MR) is 109 cm³/mol. The van der Waals surface area contributed by atoms with Gasteiger partial charge in [0, 0.05) is 5.56 Å². The smallest absolute Gasteiger partial charge is 0.290 e. The van der Waals surface area contributed by atoms with Gasteiger partial charge in [0.25, 0.3) is 11.1 Å². The summed E-state index contributed by atoms with van der Waals surface area (Å²) < 4.78 is 5.84. The zero-order valence-electron chi connectivity index (χ0n) is 14.7. The minimum Gasteiger partial charge on any atom is -0.489 e. The number of fused-ring (bicyclic) bond motifs is 1. The summed E-state index contributed by atoms with van der Waals surface area (Å²) in [6.07, 6.45) is 2.52. The number of rotatable bonds is 5. The van der Waals surface area contributed by atoms with Crippen molar-refractivity contribution in [2.75, 3.05) is 0 Å². The summed E-state index contributed by atoms with van der Waals surface area (Å²) in [5.74, 6) is 0.384. The lowest BCUT2D eigenvalue weighted by molar-refractivity contribution is -0.115. The third-order valence-electron chi connectivity index (χ3n) is 4.30. The minimum absolute atomic E-state index is 0.348. The number of amides is 2. The van der Waals surface area contributed by atoms with Gasteiger partial charge in [-0.05, 0) is 57.9 Å². The highest BCUT2D eigenvalue weighted by atomic mass is 32.2. The molecule has 28 heavy (non-hydrogen) atoms. The van der Waals surface area contributed by atoms with Crippen molar-refractivity contribution in [2.45, 2.75) is 6.61 Å². The SMILES string of the molecule is O=Cc1ccc(COc2ccc3cc(C=C4SC(=O)NC4=O)ccc3c2)cc1. The molecule has 6 heteroatoms. The van der Waals surface area contributed by atoms with Crippen LogP contribution in [0.25, 0.3) is 16.8 Å². The number of hydrogen-bond donors (Lipinski definition) is 1. The standard InChI is InChI=1S/C22H15NO4S/c24-12-14-1-3-15(4-2-14)13-27-19-8-7-17-9-16(5-6-18(17)11-19)10-20-21(25)23-22(26)28-20/h1-12H,13H2,(H,23,25,26). The fourth-order valence-corrected chi connectivity index (χ4v) is 3.54. The van der Waals surface area contributed by atoms with Crippen LogP contribution < -0.4 is 10.1 Å². The Morgan fingerprint density at radius 3 is 2.32 bits per heavy atom. The van der Waals surface area contributed by atoms with Crippen LogP contribution >= 0.6 is 11.8 Å². The van der Waals surface area contributed by atoms with Gasteiger partial charge in [-0.2, -0.15) is 0 Å². The predicted octanol–water partition coefficient (Wildman–Crippen LogP) is 4.56. The quantitative estimate of drug-likeness (QED) is 0.512. The van der Waals surface area contributed by atoms with Crippen LogP contribution in [0.5, 0.6) is 5.75 Å².